The summed E-state index contributed by atoms with van der Waals surface area (Å²) in [4.78, 5) is 14.6. The number of likely N-dealkylation sites (N-methyl/N-ethyl adjacent to an activating group) is 1. The van der Waals surface area contributed by atoms with Gasteiger partial charge in [-0.2, -0.15) is 0 Å². The highest BCUT2D eigenvalue weighted by Gasteiger charge is 2.40. The van der Waals surface area contributed by atoms with Crippen LogP contribution in [0.15, 0.2) is 24.3 Å². The Hall–Kier alpha value is -1.06. The first-order valence-electron chi connectivity index (χ1n) is 7.65. The van der Waals surface area contributed by atoms with Crippen LogP contribution in [0.25, 0.3) is 0 Å². The Morgan fingerprint density at radius 3 is 2.86 bits per heavy atom. The number of nitrogens with zero attached hydrogens (tertiary/aromatic N) is 1. The molecule has 0 aliphatic heterocycles. The van der Waals surface area contributed by atoms with Gasteiger partial charge < -0.3 is 10.6 Å². The number of carbonyl (C=O) groups excluding carboxylic acids is 1. The molecule has 0 bridgehead atoms. The van der Waals surface area contributed by atoms with Crippen molar-refractivity contribution in [3.63, 3.8) is 0 Å². The maximum absolute atomic E-state index is 12.8. The first kappa shape index (κ1) is 16.3. The molecule has 4 heteroatoms. The SMILES string of the molecule is CC1CCCC(N)(C(=O)N(C)C(C)c2cccc(Cl)c2)C1. The molecule has 1 aliphatic carbocycles. The molecule has 0 saturated heterocycles. The molecule has 1 amide bonds. The molecule has 3 nitrogen and oxygen atoms in total. The summed E-state index contributed by atoms with van der Waals surface area (Å²) in [6, 6.07) is 7.62. The quantitative estimate of drug-likeness (QED) is 0.924. The van der Waals surface area contributed by atoms with Crippen molar-refractivity contribution in [3.05, 3.63) is 34.9 Å². The zero-order chi connectivity index (χ0) is 15.6. The van der Waals surface area contributed by atoms with Crippen LogP contribution in [0.4, 0.5) is 0 Å². The van der Waals surface area contributed by atoms with Crippen LogP contribution < -0.4 is 5.73 Å². The van der Waals surface area contributed by atoms with Crippen molar-refractivity contribution >= 4 is 17.5 Å². The van der Waals surface area contributed by atoms with E-state index in [0.29, 0.717) is 10.9 Å². The van der Waals surface area contributed by atoms with Gasteiger partial charge in [0.15, 0.2) is 0 Å². The number of hydrogen-bond acceptors (Lipinski definition) is 2. The van der Waals surface area contributed by atoms with Gasteiger partial charge in [-0.3, -0.25) is 4.79 Å². The Kier molecular flexibility index (Phi) is 4.95. The van der Waals surface area contributed by atoms with Crippen molar-refractivity contribution in [2.24, 2.45) is 11.7 Å². The lowest BCUT2D eigenvalue weighted by Gasteiger charge is -2.40. The van der Waals surface area contributed by atoms with Crippen LogP contribution in [0.1, 0.15) is 51.1 Å². The number of carbonyl (C=O) groups is 1. The van der Waals surface area contributed by atoms with Gasteiger partial charge in [-0.1, -0.05) is 43.5 Å². The van der Waals surface area contributed by atoms with E-state index in [9.17, 15) is 4.79 Å². The van der Waals surface area contributed by atoms with E-state index in [2.05, 4.69) is 6.92 Å². The average molecular weight is 309 g/mol. The summed E-state index contributed by atoms with van der Waals surface area (Å²) >= 11 is 6.04. The van der Waals surface area contributed by atoms with Gasteiger partial charge in [-0.25, -0.2) is 0 Å². The van der Waals surface area contributed by atoms with Gasteiger partial charge >= 0.3 is 0 Å². The second kappa shape index (κ2) is 6.37. The van der Waals surface area contributed by atoms with Gasteiger partial charge in [0.05, 0.1) is 11.6 Å². The molecular formula is C17H25ClN2O. The van der Waals surface area contributed by atoms with Gasteiger partial charge in [-0.15, -0.1) is 0 Å². The molecular weight excluding hydrogens is 284 g/mol. The van der Waals surface area contributed by atoms with E-state index in [4.69, 9.17) is 17.3 Å². The normalized spacial score (nSPS) is 27.2. The highest BCUT2D eigenvalue weighted by molar-refractivity contribution is 6.30. The molecule has 2 N–H and O–H groups in total. The van der Waals surface area contributed by atoms with Crippen molar-refractivity contribution in [1.82, 2.24) is 4.90 Å². The minimum absolute atomic E-state index is 0.0335. The van der Waals surface area contributed by atoms with Crippen LogP contribution in [0.3, 0.4) is 0 Å². The average Bonchev–Trinajstić information content (AvgIpc) is 2.44. The Labute approximate surface area is 132 Å². The molecule has 0 heterocycles. The van der Waals surface area contributed by atoms with E-state index in [1.54, 1.807) is 4.90 Å². The van der Waals surface area contributed by atoms with E-state index in [1.165, 1.54) is 6.42 Å². The molecule has 1 aliphatic rings. The Bertz CT molecular complexity index is 519. The first-order chi connectivity index (χ1) is 9.83. The van der Waals surface area contributed by atoms with Crippen LogP contribution >= 0.6 is 11.6 Å². The van der Waals surface area contributed by atoms with Crippen molar-refractivity contribution in [2.45, 2.75) is 51.1 Å². The number of benzene rings is 1. The monoisotopic (exact) mass is 308 g/mol. The van der Waals surface area contributed by atoms with E-state index in [-0.39, 0.29) is 11.9 Å². The smallest absolute Gasteiger partial charge is 0.242 e. The lowest BCUT2D eigenvalue weighted by atomic mass is 9.76. The lowest BCUT2D eigenvalue weighted by molar-refractivity contribution is -0.139. The molecule has 0 aromatic heterocycles. The number of nitrogens with two attached hydrogens (primary N) is 1. The van der Waals surface area contributed by atoms with Gasteiger partial charge in [0.1, 0.15) is 0 Å². The minimum atomic E-state index is -0.709. The second-order valence-corrected chi connectivity index (χ2v) is 6.94. The number of halogens is 1. The standard InChI is InChI=1S/C17H25ClN2O/c1-12-6-5-9-17(19,11-12)16(21)20(3)13(2)14-7-4-8-15(18)10-14/h4,7-8,10,12-13H,5-6,9,11,19H2,1-3H3. The van der Waals surface area contributed by atoms with E-state index in [1.807, 2.05) is 38.2 Å². The molecule has 1 saturated carbocycles. The summed E-state index contributed by atoms with van der Waals surface area (Å²) in [6.07, 6.45) is 3.75. The third-order valence-electron chi connectivity index (χ3n) is 4.69. The van der Waals surface area contributed by atoms with Gasteiger partial charge in [0, 0.05) is 12.1 Å². The van der Waals surface area contributed by atoms with Gasteiger partial charge in [0.25, 0.3) is 0 Å². The minimum Gasteiger partial charge on any atom is -0.337 e. The highest BCUT2D eigenvalue weighted by atomic mass is 35.5. The summed E-state index contributed by atoms with van der Waals surface area (Å²) in [6.45, 7) is 4.19. The van der Waals surface area contributed by atoms with Gasteiger partial charge in [0.2, 0.25) is 5.91 Å². The number of amides is 1. The maximum Gasteiger partial charge on any atom is 0.242 e. The Morgan fingerprint density at radius 2 is 2.24 bits per heavy atom. The van der Waals surface area contributed by atoms with E-state index >= 15 is 0 Å². The number of rotatable bonds is 3. The molecule has 0 radical (unpaired) electrons. The van der Waals surface area contributed by atoms with Gasteiger partial charge in [-0.05, 0) is 43.4 Å². The molecule has 1 aromatic carbocycles. The molecule has 116 valence electrons. The molecule has 1 fully saturated rings. The highest BCUT2D eigenvalue weighted by Crippen LogP contribution is 2.33. The zero-order valence-corrected chi connectivity index (χ0v) is 13.9. The summed E-state index contributed by atoms with van der Waals surface area (Å²) in [5.74, 6) is 0.559. The van der Waals surface area contributed by atoms with Crippen LogP contribution in [-0.2, 0) is 4.79 Å². The third kappa shape index (κ3) is 3.58. The third-order valence-corrected chi connectivity index (χ3v) is 4.93. The van der Waals surface area contributed by atoms with Crippen LogP contribution in [0, 0.1) is 5.92 Å². The van der Waals surface area contributed by atoms with E-state index in [0.717, 1.165) is 24.8 Å². The number of hydrogen-bond donors (Lipinski definition) is 1. The Morgan fingerprint density at radius 1 is 1.52 bits per heavy atom. The summed E-state index contributed by atoms with van der Waals surface area (Å²) < 4.78 is 0. The molecule has 3 unspecified atom stereocenters. The summed E-state index contributed by atoms with van der Waals surface area (Å²) in [5, 5.41) is 0.689. The van der Waals surface area contributed by atoms with Crippen molar-refractivity contribution in [1.29, 1.82) is 0 Å². The fraction of sp³-hybridized carbons (Fsp3) is 0.588. The maximum atomic E-state index is 12.8. The second-order valence-electron chi connectivity index (χ2n) is 6.50. The molecule has 0 spiro atoms. The van der Waals surface area contributed by atoms with Crippen LogP contribution in [-0.4, -0.2) is 23.4 Å². The molecule has 21 heavy (non-hydrogen) atoms. The summed E-state index contributed by atoms with van der Waals surface area (Å²) in [5.41, 5.74) is 6.75. The Balaban J connectivity index is 2.15. The fourth-order valence-electron chi connectivity index (χ4n) is 3.30. The lowest BCUT2D eigenvalue weighted by Crippen LogP contribution is -2.56. The topological polar surface area (TPSA) is 46.3 Å². The van der Waals surface area contributed by atoms with Crippen molar-refractivity contribution < 1.29 is 4.79 Å². The molecule has 2 rings (SSSR count). The predicted molar refractivity (Wildman–Crippen MR) is 87.2 cm³/mol. The largest absolute Gasteiger partial charge is 0.337 e. The zero-order valence-electron chi connectivity index (χ0n) is 13.1. The molecule has 1 aromatic rings. The predicted octanol–water partition coefficient (Wildman–Crippen LogP) is 3.77. The van der Waals surface area contributed by atoms with Crippen molar-refractivity contribution in [2.75, 3.05) is 7.05 Å². The first-order valence-corrected chi connectivity index (χ1v) is 8.03. The van der Waals surface area contributed by atoms with Crippen LogP contribution in [0.5, 0.6) is 0 Å². The van der Waals surface area contributed by atoms with Crippen LogP contribution in [0.2, 0.25) is 5.02 Å². The van der Waals surface area contributed by atoms with E-state index < -0.39 is 5.54 Å². The molecule has 3 atom stereocenters. The fourth-order valence-corrected chi connectivity index (χ4v) is 3.50. The summed E-state index contributed by atoms with van der Waals surface area (Å²) in [7, 11) is 1.84. The van der Waals surface area contributed by atoms with Crippen molar-refractivity contribution in [3.8, 4) is 0 Å².